The second-order valence-corrected chi connectivity index (χ2v) is 14.5. The number of fused-ring (bicyclic) bond motifs is 8. The van der Waals surface area contributed by atoms with Gasteiger partial charge in [-0.3, -0.25) is 0 Å². The Morgan fingerprint density at radius 1 is 0.509 bits per heavy atom. The number of nitrogens with zero attached hydrogens (tertiary/aromatic N) is 4. The normalized spacial score (nSPS) is 12.8. The maximum Gasteiger partial charge on any atom is 2.00 e. The standard InChI is InChI=1S/C48H52N4O2.Co/c1-7-37-31(3)41-25-42-33(5)39(21-15-23-53-29-35-17-11-9-12-18-35)47(51-42)28-48-40(22-16-24-54-30-36-19-13-10-14-20-36)34(6)44(52-48)27-46-38(8-2)32(4)43(50-46)26-45(37)49-41;/h9-14,17-20,25-28H,7-8,15-16,21-24,29-30H2,1-6H3;/q-2;+2. The van der Waals surface area contributed by atoms with E-state index in [0.717, 1.165) is 83.4 Å². The first kappa shape index (κ1) is 40.1. The van der Waals surface area contributed by atoms with Gasteiger partial charge in [0.1, 0.15) is 0 Å². The Morgan fingerprint density at radius 2 is 0.964 bits per heavy atom. The fraction of sp³-hybridized carbons (Fsp3) is 0.333. The van der Waals surface area contributed by atoms with E-state index >= 15 is 0 Å². The van der Waals surface area contributed by atoms with Gasteiger partial charge < -0.3 is 19.4 Å². The SMILES string of the molecule is CCC1=C(C)c2cc3[n-]c(cc4nc(cc5[n-]c(cc1n2)c(C)c5CCCOCc1ccccc1)C(CCCOCc1ccccc1)=C4C)c(C)c3CC.[Co+2]. The van der Waals surface area contributed by atoms with Crippen molar-refractivity contribution < 1.29 is 26.3 Å². The Bertz CT molecular complexity index is 2350. The Kier molecular flexibility index (Phi) is 13.4. The van der Waals surface area contributed by atoms with Crippen molar-refractivity contribution in [2.45, 2.75) is 93.3 Å². The molecule has 7 rings (SSSR count). The van der Waals surface area contributed by atoms with Crippen LogP contribution >= 0.6 is 0 Å². The van der Waals surface area contributed by atoms with Crippen LogP contribution in [-0.2, 0) is 52.3 Å². The summed E-state index contributed by atoms with van der Waals surface area (Å²) in [4.78, 5) is 21.1. The van der Waals surface area contributed by atoms with E-state index in [0.29, 0.717) is 26.4 Å². The van der Waals surface area contributed by atoms with Crippen molar-refractivity contribution in [2.75, 3.05) is 13.2 Å². The molecule has 1 radical (unpaired) electrons. The molecular formula is C48H52CoN4O2. The molecule has 0 unspecified atom stereocenters. The summed E-state index contributed by atoms with van der Waals surface area (Å²) in [6.45, 7) is 15.8. The molecule has 0 fully saturated rings. The van der Waals surface area contributed by atoms with Gasteiger partial charge >= 0.3 is 16.8 Å². The predicted octanol–water partition coefficient (Wildman–Crippen LogP) is 11.2. The van der Waals surface area contributed by atoms with Gasteiger partial charge in [-0.15, -0.1) is 22.1 Å². The van der Waals surface area contributed by atoms with E-state index < -0.39 is 0 Å². The fourth-order valence-electron chi connectivity index (χ4n) is 7.82. The number of hydrogen-bond donors (Lipinski definition) is 0. The second kappa shape index (κ2) is 18.4. The van der Waals surface area contributed by atoms with Crippen molar-refractivity contribution in [3.63, 3.8) is 0 Å². The van der Waals surface area contributed by atoms with E-state index in [1.165, 1.54) is 55.7 Å². The van der Waals surface area contributed by atoms with Crippen molar-refractivity contribution in [3.8, 4) is 0 Å². The molecule has 8 bridgehead atoms. The van der Waals surface area contributed by atoms with Crippen LogP contribution < -0.4 is 9.97 Å². The Labute approximate surface area is 336 Å². The third-order valence-electron chi connectivity index (χ3n) is 11.0. The number of hydrogen-bond acceptors (Lipinski definition) is 4. The van der Waals surface area contributed by atoms with Gasteiger partial charge in [-0.05, 0) is 99.6 Å². The number of benzene rings is 2. The molecule has 0 amide bonds. The zero-order valence-electron chi connectivity index (χ0n) is 33.1. The molecule has 7 heteroatoms. The molecular weight excluding hydrogens is 723 g/mol. The van der Waals surface area contributed by atoms with Crippen LogP contribution in [-0.4, -0.2) is 23.2 Å². The molecule has 0 spiro atoms. The Hall–Kier alpha value is -4.53. The molecule has 0 saturated heterocycles. The predicted molar refractivity (Wildman–Crippen MR) is 223 cm³/mol. The Morgan fingerprint density at radius 3 is 1.53 bits per heavy atom. The molecule has 5 aromatic rings. The molecule has 2 aliphatic rings. The molecule has 0 aliphatic carbocycles. The second-order valence-electron chi connectivity index (χ2n) is 14.5. The molecule has 0 atom stereocenters. The fourth-order valence-corrected chi connectivity index (χ4v) is 7.82. The summed E-state index contributed by atoms with van der Waals surface area (Å²) in [6.07, 6.45) is 5.31. The summed E-state index contributed by atoms with van der Waals surface area (Å²) in [5, 5.41) is 0. The van der Waals surface area contributed by atoms with Crippen LogP contribution in [0.25, 0.3) is 44.4 Å². The number of aromatic nitrogens is 4. The molecule has 5 heterocycles. The molecule has 55 heavy (non-hydrogen) atoms. The first-order valence-electron chi connectivity index (χ1n) is 19.6. The van der Waals surface area contributed by atoms with Gasteiger partial charge in [0.05, 0.1) is 36.0 Å². The van der Waals surface area contributed by atoms with Crippen LogP contribution in [0.3, 0.4) is 0 Å². The molecule has 0 saturated carbocycles. The van der Waals surface area contributed by atoms with E-state index in [1.54, 1.807) is 0 Å². The van der Waals surface area contributed by atoms with Crippen molar-refractivity contribution in [2.24, 2.45) is 0 Å². The molecule has 2 aromatic carbocycles. The van der Waals surface area contributed by atoms with Crippen LogP contribution in [0.5, 0.6) is 0 Å². The molecule has 0 N–H and O–H groups in total. The number of allylic oxidation sites excluding steroid dienone is 4. The van der Waals surface area contributed by atoms with Crippen molar-refractivity contribution in [3.05, 3.63) is 141 Å². The third kappa shape index (κ3) is 8.97. The summed E-state index contributed by atoms with van der Waals surface area (Å²) < 4.78 is 12.2. The number of rotatable bonds is 14. The van der Waals surface area contributed by atoms with Gasteiger partial charge in [-0.25, -0.2) is 9.97 Å². The van der Waals surface area contributed by atoms with Crippen molar-refractivity contribution >= 4 is 44.4 Å². The topological polar surface area (TPSA) is 72.4 Å². The zero-order valence-corrected chi connectivity index (χ0v) is 34.1. The molecule has 6 nitrogen and oxygen atoms in total. The van der Waals surface area contributed by atoms with E-state index in [1.807, 2.05) is 12.1 Å². The average molecular weight is 776 g/mol. The van der Waals surface area contributed by atoms with Crippen molar-refractivity contribution in [1.29, 1.82) is 0 Å². The van der Waals surface area contributed by atoms with Crippen LogP contribution in [0.4, 0.5) is 0 Å². The third-order valence-corrected chi connectivity index (χ3v) is 11.0. The van der Waals surface area contributed by atoms with Gasteiger partial charge in [0.25, 0.3) is 0 Å². The number of ether oxygens (including phenoxy) is 2. The van der Waals surface area contributed by atoms with E-state index in [4.69, 9.17) is 29.4 Å². The minimum Gasteiger partial charge on any atom is -0.657 e. The molecule has 3 aromatic heterocycles. The number of aryl methyl sites for hydroxylation is 4. The largest absolute Gasteiger partial charge is 2.00 e. The van der Waals surface area contributed by atoms with E-state index in [-0.39, 0.29) is 16.8 Å². The van der Waals surface area contributed by atoms with Gasteiger partial charge in [0.2, 0.25) is 0 Å². The van der Waals surface area contributed by atoms with Crippen LogP contribution in [0.15, 0.2) is 84.9 Å². The summed E-state index contributed by atoms with van der Waals surface area (Å²) in [5.41, 5.74) is 20.0. The minimum atomic E-state index is 0. The summed E-state index contributed by atoms with van der Waals surface area (Å²) in [7, 11) is 0. The zero-order chi connectivity index (χ0) is 37.6. The van der Waals surface area contributed by atoms with Crippen LogP contribution in [0.1, 0.15) is 110 Å². The van der Waals surface area contributed by atoms with Crippen molar-refractivity contribution in [1.82, 2.24) is 19.9 Å². The Balaban J connectivity index is 0.00000514. The molecule has 285 valence electrons. The van der Waals surface area contributed by atoms with Crippen LogP contribution in [0, 0.1) is 13.8 Å². The molecule has 2 aliphatic heterocycles. The monoisotopic (exact) mass is 775 g/mol. The summed E-state index contributed by atoms with van der Waals surface area (Å²) >= 11 is 0. The minimum absolute atomic E-state index is 0. The van der Waals surface area contributed by atoms with Gasteiger partial charge in [-0.2, -0.15) is 0 Å². The van der Waals surface area contributed by atoms with E-state index in [2.05, 4.69) is 114 Å². The summed E-state index contributed by atoms with van der Waals surface area (Å²) in [5.74, 6) is 0. The summed E-state index contributed by atoms with van der Waals surface area (Å²) in [6, 6.07) is 29.5. The first-order valence-corrected chi connectivity index (χ1v) is 19.6. The van der Waals surface area contributed by atoms with Crippen LogP contribution in [0.2, 0.25) is 0 Å². The van der Waals surface area contributed by atoms with E-state index in [9.17, 15) is 0 Å². The smallest absolute Gasteiger partial charge is 0.657 e. The quantitative estimate of drug-likeness (QED) is 0.105. The average Bonchev–Trinajstić information content (AvgIpc) is 3.85. The maximum absolute atomic E-state index is 6.12. The van der Waals surface area contributed by atoms with Gasteiger partial charge in [0.15, 0.2) is 0 Å². The van der Waals surface area contributed by atoms with Gasteiger partial charge in [-0.1, -0.05) is 121 Å². The first-order chi connectivity index (χ1) is 26.3. The van der Waals surface area contributed by atoms with Gasteiger partial charge in [0, 0.05) is 13.2 Å². The maximum atomic E-state index is 6.12.